The molecule has 1 rings (SSSR count). The predicted molar refractivity (Wildman–Crippen MR) is 70.7 cm³/mol. The quantitative estimate of drug-likeness (QED) is 0.828. The van der Waals surface area contributed by atoms with Gasteiger partial charge in [0.2, 0.25) is 0 Å². The molecule has 2 N–H and O–H groups in total. The highest BCUT2D eigenvalue weighted by atomic mass is 19.1. The number of carbonyl (C=O) groups is 1. The summed E-state index contributed by atoms with van der Waals surface area (Å²) in [7, 11) is 0. The van der Waals surface area contributed by atoms with Crippen molar-refractivity contribution in [3.05, 3.63) is 47.4 Å². The Labute approximate surface area is 107 Å². The monoisotopic (exact) mass is 250 g/mol. The third-order valence-electron chi connectivity index (χ3n) is 2.62. The first-order valence-electron chi connectivity index (χ1n) is 6.06. The van der Waals surface area contributed by atoms with Crippen LogP contribution in [0.2, 0.25) is 0 Å². The first kappa shape index (κ1) is 14.2. The fourth-order valence-corrected chi connectivity index (χ4v) is 1.31. The van der Waals surface area contributed by atoms with Crippen molar-refractivity contribution in [1.82, 2.24) is 10.6 Å². The van der Waals surface area contributed by atoms with E-state index in [1.165, 1.54) is 12.1 Å². The minimum Gasteiger partial charge on any atom is -0.338 e. The van der Waals surface area contributed by atoms with Gasteiger partial charge in [0.1, 0.15) is 5.82 Å². The zero-order chi connectivity index (χ0) is 13.4. The summed E-state index contributed by atoms with van der Waals surface area (Å²) < 4.78 is 12.7. The highest BCUT2D eigenvalue weighted by molar-refractivity contribution is 5.74. The molecular formula is C14H19FN2O. The number of allylic oxidation sites excluding steroid dienone is 1. The summed E-state index contributed by atoms with van der Waals surface area (Å²) in [6.07, 6.45) is 3.30. The van der Waals surface area contributed by atoms with Crippen molar-refractivity contribution in [3.8, 4) is 0 Å². The average Bonchev–Trinajstić information content (AvgIpc) is 2.38. The summed E-state index contributed by atoms with van der Waals surface area (Å²) >= 11 is 0. The highest BCUT2D eigenvalue weighted by Crippen LogP contribution is 2.02. The van der Waals surface area contributed by atoms with Gasteiger partial charge in [0.05, 0.1) is 0 Å². The zero-order valence-electron chi connectivity index (χ0n) is 10.8. The molecule has 1 aromatic rings. The van der Waals surface area contributed by atoms with Crippen LogP contribution in [0.3, 0.4) is 0 Å². The normalized spacial score (nSPS) is 11.2. The molecule has 0 heterocycles. The van der Waals surface area contributed by atoms with E-state index >= 15 is 0 Å². The Morgan fingerprint density at radius 2 is 2.00 bits per heavy atom. The fourth-order valence-electron chi connectivity index (χ4n) is 1.31. The lowest BCUT2D eigenvalue weighted by molar-refractivity contribution is 0.244. The van der Waals surface area contributed by atoms with Crippen molar-refractivity contribution >= 4 is 6.03 Å². The molecule has 0 spiro atoms. The van der Waals surface area contributed by atoms with Crippen molar-refractivity contribution in [1.29, 1.82) is 0 Å². The van der Waals surface area contributed by atoms with E-state index in [2.05, 4.69) is 10.6 Å². The molecule has 1 aromatic carbocycles. The van der Waals surface area contributed by atoms with Crippen molar-refractivity contribution in [2.24, 2.45) is 0 Å². The third-order valence-corrected chi connectivity index (χ3v) is 2.62. The van der Waals surface area contributed by atoms with Gasteiger partial charge < -0.3 is 10.6 Å². The van der Waals surface area contributed by atoms with Crippen LogP contribution in [0.15, 0.2) is 36.0 Å². The second-order valence-electron chi connectivity index (χ2n) is 4.12. The molecule has 0 aliphatic rings. The summed E-state index contributed by atoms with van der Waals surface area (Å²) in [5, 5.41) is 5.39. The van der Waals surface area contributed by atoms with Gasteiger partial charge in [0.25, 0.3) is 0 Å². The molecule has 0 aromatic heterocycles. The molecule has 0 radical (unpaired) electrons. The van der Waals surface area contributed by atoms with E-state index in [0.717, 1.165) is 17.6 Å². The van der Waals surface area contributed by atoms with Gasteiger partial charge in [-0.1, -0.05) is 24.6 Å². The Hall–Kier alpha value is -1.84. The Bertz CT molecular complexity index is 412. The third kappa shape index (κ3) is 5.48. The van der Waals surface area contributed by atoms with Gasteiger partial charge in [-0.25, -0.2) is 9.18 Å². The lowest BCUT2D eigenvalue weighted by Gasteiger charge is -2.05. The van der Waals surface area contributed by atoms with Crippen LogP contribution in [-0.2, 0) is 6.42 Å². The van der Waals surface area contributed by atoms with Crippen molar-refractivity contribution < 1.29 is 9.18 Å². The molecule has 4 heteroatoms. The average molecular weight is 250 g/mol. The van der Waals surface area contributed by atoms with Gasteiger partial charge in [-0.2, -0.15) is 0 Å². The van der Waals surface area contributed by atoms with Gasteiger partial charge in [-0.15, -0.1) is 0 Å². The standard InChI is InChI=1S/C14H19FN2O/c1-3-11(2)10-17-14(18)16-9-8-12-4-6-13(15)7-5-12/h4-7,10H,3,8-9H2,1-2H3,(H2,16,17,18)/b11-10+. The van der Waals surface area contributed by atoms with Crippen molar-refractivity contribution in [2.45, 2.75) is 26.7 Å². The van der Waals surface area contributed by atoms with Crippen LogP contribution in [0.1, 0.15) is 25.8 Å². The highest BCUT2D eigenvalue weighted by Gasteiger charge is 1.98. The first-order valence-corrected chi connectivity index (χ1v) is 6.06. The van der Waals surface area contributed by atoms with Crippen LogP contribution in [0.4, 0.5) is 9.18 Å². The Kier molecular flexibility index (Phi) is 5.91. The molecule has 0 unspecified atom stereocenters. The maximum absolute atomic E-state index is 12.7. The molecular weight excluding hydrogens is 231 g/mol. The van der Waals surface area contributed by atoms with E-state index in [4.69, 9.17) is 0 Å². The van der Waals surface area contributed by atoms with Crippen LogP contribution >= 0.6 is 0 Å². The van der Waals surface area contributed by atoms with E-state index in [-0.39, 0.29) is 11.8 Å². The van der Waals surface area contributed by atoms with Gasteiger partial charge in [0, 0.05) is 12.7 Å². The molecule has 18 heavy (non-hydrogen) atoms. The minimum atomic E-state index is -0.246. The molecule has 98 valence electrons. The molecule has 3 nitrogen and oxygen atoms in total. The van der Waals surface area contributed by atoms with Crippen molar-refractivity contribution in [2.75, 3.05) is 6.54 Å². The number of halogens is 1. The Morgan fingerprint density at radius 1 is 1.33 bits per heavy atom. The number of urea groups is 1. The minimum absolute atomic E-state index is 0.218. The van der Waals surface area contributed by atoms with Crippen molar-refractivity contribution in [3.63, 3.8) is 0 Å². The summed E-state index contributed by atoms with van der Waals surface area (Å²) in [6, 6.07) is 6.06. The lowest BCUT2D eigenvalue weighted by Crippen LogP contribution is -2.33. The zero-order valence-corrected chi connectivity index (χ0v) is 10.8. The molecule has 0 atom stereocenters. The SMILES string of the molecule is CC/C(C)=C/NC(=O)NCCc1ccc(F)cc1. The summed E-state index contributed by atoms with van der Waals surface area (Å²) in [5.41, 5.74) is 2.11. The fraction of sp³-hybridized carbons (Fsp3) is 0.357. The number of carbonyl (C=O) groups excluding carboxylic acids is 1. The van der Waals surface area contributed by atoms with Gasteiger partial charge in [0.15, 0.2) is 0 Å². The Balaban J connectivity index is 2.25. The smallest absolute Gasteiger partial charge is 0.318 e. The molecule has 0 saturated heterocycles. The number of benzene rings is 1. The molecule has 2 amide bonds. The van der Waals surface area contributed by atoms with Gasteiger partial charge in [-0.05, 0) is 37.5 Å². The van der Waals surface area contributed by atoms with Crippen LogP contribution in [0, 0.1) is 5.82 Å². The number of nitrogens with one attached hydrogen (secondary N) is 2. The van der Waals surface area contributed by atoms with E-state index < -0.39 is 0 Å². The summed E-state index contributed by atoms with van der Waals surface area (Å²) in [4.78, 5) is 11.4. The van der Waals surface area contributed by atoms with Gasteiger partial charge in [-0.3, -0.25) is 0 Å². The van der Waals surface area contributed by atoms with Crippen LogP contribution in [0.5, 0.6) is 0 Å². The molecule has 0 saturated carbocycles. The number of rotatable bonds is 5. The largest absolute Gasteiger partial charge is 0.338 e. The molecule has 0 fully saturated rings. The maximum atomic E-state index is 12.7. The second-order valence-corrected chi connectivity index (χ2v) is 4.12. The number of hydrogen-bond acceptors (Lipinski definition) is 1. The van der Waals surface area contributed by atoms with E-state index in [9.17, 15) is 9.18 Å². The number of hydrogen-bond donors (Lipinski definition) is 2. The topological polar surface area (TPSA) is 41.1 Å². The van der Waals surface area contributed by atoms with E-state index in [0.29, 0.717) is 13.0 Å². The molecule has 0 bridgehead atoms. The van der Waals surface area contributed by atoms with Gasteiger partial charge >= 0.3 is 6.03 Å². The Morgan fingerprint density at radius 3 is 2.61 bits per heavy atom. The summed E-state index contributed by atoms with van der Waals surface area (Å²) in [6.45, 7) is 4.51. The molecule has 0 aliphatic carbocycles. The number of amides is 2. The van der Waals surface area contributed by atoms with E-state index in [1.54, 1.807) is 18.3 Å². The van der Waals surface area contributed by atoms with Crippen LogP contribution in [-0.4, -0.2) is 12.6 Å². The predicted octanol–water partition coefficient (Wildman–Crippen LogP) is 2.98. The maximum Gasteiger partial charge on any atom is 0.318 e. The molecule has 0 aliphatic heterocycles. The van der Waals surface area contributed by atoms with Crippen LogP contribution in [0.25, 0.3) is 0 Å². The van der Waals surface area contributed by atoms with Crippen LogP contribution < -0.4 is 10.6 Å². The summed E-state index contributed by atoms with van der Waals surface area (Å²) in [5.74, 6) is -0.246. The van der Waals surface area contributed by atoms with E-state index in [1.807, 2.05) is 13.8 Å². The first-order chi connectivity index (χ1) is 8.61. The lowest BCUT2D eigenvalue weighted by atomic mass is 10.1. The second kappa shape index (κ2) is 7.48.